The highest BCUT2D eigenvalue weighted by Crippen LogP contribution is 2.30. The van der Waals surface area contributed by atoms with E-state index in [1.807, 2.05) is 32.9 Å². The fraction of sp³-hybridized carbons (Fsp3) is 0.600. The standard InChI is InChI=1S/C20H28N4O2/c1-20(2,3)26-19(25)22-16-8-11-24(14-16)18-7-6-17(12-15(18)13-21)23-9-4-5-10-23/h6-7,12,16H,4-5,8-11,14H2,1-3H3,(H,22,25)/t16-/m0/s1. The highest BCUT2D eigenvalue weighted by Gasteiger charge is 2.27. The second-order valence-electron chi connectivity index (χ2n) is 8.09. The van der Waals surface area contributed by atoms with Crippen molar-refractivity contribution in [1.29, 1.82) is 5.26 Å². The molecule has 26 heavy (non-hydrogen) atoms. The highest BCUT2D eigenvalue weighted by atomic mass is 16.6. The van der Waals surface area contributed by atoms with Gasteiger partial charge >= 0.3 is 6.09 Å². The van der Waals surface area contributed by atoms with Crippen LogP contribution in [0.3, 0.4) is 0 Å². The molecule has 2 aliphatic rings. The summed E-state index contributed by atoms with van der Waals surface area (Å²) in [5.74, 6) is 0. The zero-order chi connectivity index (χ0) is 18.7. The summed E-state index contributed by atoms with van der Waals surface area (Å²) in [7, 11) is 0. The lowest BCUT2D eigenvalue weighted by atomic mass is 10.1. The van der Waals surface area contributed by atoms with Crippen LogP contribution in [-0.2, 0) is 4.74 Å². The van der Waals surface area contributed by atoms with Crippen LogP contribution in [-0.4, -0.2) is 43.9 Å². The van der Waals surface area contributed by atoms with Gasteiger partial charge in [-0.25, -0.2) is 4.79 Å². The number of benzene rings is 1. The van der Waals surface area contributed by atoms with Gasteiger partial charge in [0.25, 0.3) is 0 Å². The maximum absolute atomic E-state index is 12.0. The molecule has 1 atom stereocenters. The molecule has 0 bridgehead atoms. The molecule has 1 aromatic carbocycles. The van der Waals surface area contributed by atoms with E-state index >= 15 is 0 Å². The second-order valence-corrected chi connectivity index (χ2v) is 8.09. The summed E-state index contributed by atoms with van der Waals surface area (Å²) < 4.78 is 5.33. The molecule has 2 fully saturated rings. The molecule has 2 saturated heterocycles. The number of carbonyl (C=O) groups is 1. The number of nitrogens with zero attached hydrogens (tertiary/aromatic N) is 3. The predicted molar refractivity (Wildman–Crippen MR) is 103 cm³/mol. The normalized spacial score (nSPS) is 20.2. The number of hydrogen-bond donors (Lipinski definition) is 1. The van der Waals surface area contributed by atoms with Crippen LogP contribution < -0.4 is 15.1 Å². The first-order valence-electron chi connectivity index (χ1n) is 9.39. The molecule has 0 aliphatic carbocycles. The van der Waals surface area contributed by atoms with E-state index in [-0.39, 0.29) is 12.1 Å². The maximum Gasteiger partial charge on any atom is 0.407 e. The summed E-state index contributed by atoms with van der Waals surface area (Å²) in [6.07, 6.45) is 2.90. The van der Waals surface area contributed by atoms with Crippen molar-refractivity contribution >= 4 is 17.5 Å². The smallest absolute Gasteiger partial charge is 0.407 e. The van der Waals surface area contributed by atoms with Crippen LogP contribution in [0.4, 0.5) is 16.2 Å². The first kappa shape index (κ1) is 18.4. The SMILES string of the molecule is CC(C)(C)OC(=O)N[C@H]1CCN(c2ccc(N3CCCC3)cc2C#N)C1. The summed E-state index contributed by atoms with van der Waals surface area (Å²) >= 11 is 0. The zero-order valence-corrected chi connectivity index (χ0v) is 15.9. The molecule has 1 aromatic rings. The van der Waals surface area contributed by atoms with Gasteiger partial charge in [-0.1, -0.05) is 0 Å². The fourth-order valence-electron chi connectivity index (χ4n) is 3.63. The fourth-order valence-corrected chi connectivity index (χ4v) is 3.63. The number of ether oxygens (including phenoxy) is 1. The minimum Gasteiger partial charge on any atom is -0.444 e. The number of alkyl carbamates (subject to hydrolysis) is 1. The van der Waals surface area contributed by atoms with Crippen molar-refractivity contribution in [3.05, 3.63) is 23.8 Å². The monoisotopic (exact) mass is 356 g/mol. The van der Waals surface area contributed by atoms with Crippen molar-refractivity contribution in [2.24, 2.45) is 0 Å². The van der Waals surface area contributed by atoms with Crippen molar-refractivity contribution in [1.82, 2.24) is 5.32 Å². The van der Waals surface area contributed by atoms with Crippen LogP contribution in [0.1, 0.15) is 45.6 Å². The third kappa shape index (κ3) is 4.40. The number of nitriles is 1. The summed E-state index contributed by atoms with van der Waals surface area (Å²) in [6, 6.07) is 8.53. The van der Waals surface area contributed by atoms with Crippen LogP contribution in [0, 0.1) is 11.3 Å². The van der Waals surface area contributed by atoms with E-state index in [4.69, 9.17) is 4.74 Å². The van der Waals surface area contributed by atoms with Gasteiger partial charge in [0.05, 0.1) is 17.3 Å². The Bertz CT molecular complexity index is 699. The molecule has 1 amide bonds. The molecule has 6 nitrogen and oxygen atoms in total. The molecule has 0 aromatic heterocycles. The summed E-state index contributed by atoms with van der Waals surface area (Å²) in [4.78, 5) is 16.5. The third-order valence-corrected chi connectivity index (χ3v) is 4.82. The Kier molecular flexibility index (Phi) is 5.26. The molecular formula is C20H28N4O2. The lowest BCUT2D eigenvalue weighted by Gasteiger charge is -2.24. The van der Waals surface area contributed by atoms with E-state index in [0.717, 1.165) is 37.4 Å². The molecule has 2 heterocycles. The molecule has 0 unspecified atom stereocenters. The van der Waals surface area contributed by atoms with Crippen molar-refractivity contribution in [2.45, 2.75) is 51.7 Å². The number of hydrogen-bond acceptors (Lipinski definition) is 5. The maximum atomic E-state index is 12.0. The minimum atomic E-state index is -0.498. The minimum absolute atomic E-state index is 0.0367. The molecular weight excluding hydrogens is 328 g/mol. The molecule has 1 N–H and O–H groups in total. The number of anilines is 2. The Morgan fingerprint density at radius 3 is 2.62 bits per heavy atom. The van der Waals surface area contributed by atoms with Gasteiger partial charge in [-0.3, -0.25) is 0 Å². The molecule has 0 saturated carbocycles. The molecule has 2 aliphatic heterocycles. The lowest BCUT2D eigenvalue weighted by molar-refractivity contribution is 0.0509. The number of carbonyl (C=O) groups excluding carboxylic acids is 1. The van der Waals surface area contributed by atoms with Gasteiger partial charge in [-0.15, -0.1) is 0 Å². The third-order valence-electron chi connectivity index (χ3n) is 4.82. The Balaban J connectivity index is 1.65. The van der Waals surface area contributed by atoms with Crippen LogP contribution in [0.25, 0.3) is 0 Å². The first-order valence-corrected chi connectivity index (χ1v) is 9.39. The Hall–Kier alpha value is -2.42. The zero-order valence-electron chi connectivity index (χ0n) is 15.9. The van der Waals surface area contributed by atoms with Crippen LogP contribution in [0.5, 0.6) is 0 Å². The van der Waals surface area contributed by atoms with E-state index in [1.165, 1.54) is 12.8 Å². The van der Waals surface area contributed by atoms with Crippen molar-refractivity contribution in [3.63, 3.8) is 0 Å². The van der Waals surface area contributed by atoms with E-state index in [9.17, 15) is 10.1 Å². The molecule has 3 rings (SSSR count). The van der Waals surface area contributed by atoms with E-state index in [1.54, 1.807) is 0 Å². The van der Waals surface area contributed by atoms with Crippen molar-refractivity contribution in [2.75, 3.05) is 36.0 Å². The van der Waals surface area contributed by atoms with E-state index in [2.05, 4.69) is 27.3 Å². The average Bonchev–Trinajstić information content (AvgIpc) is 3.24. The topological polar surface area (TPSA) is 68.6 Å². The van der Waals surface area contributed by atoms with E-state index < -0.39 is 5.60 Å². The van der Waals surface area contributed by atoms with Gasteiger partial charge in [-0.2, -0.15) is 5.26 Å². The van der Waals surface area contributed by atoms with Gasteiger partial charge in [0.2, 0.25) is 0 Å². The molecule has 140 valence electrons. The Labute approximate surface area is 155 Å². The van der Waals surface area contributed by atoms with Crippen molar-refractivity contribution in [3.8, 4) is 6.07 Å². The molecule has 0 spiro atoms. The number of rotatable bonds is 3. The summed E-state index contributed by atoms with van der Waals surface area (Å²) in [5, 5.41) is 12.5. The van der Waals surface area contributed by atoms with Crippen molar-refractivity contribution < 1.29 is 9.53 Å². The molecule has 6 heteroatoms. The Morgan fingerprint density at radius 2 is 1.96 bits per heavy atom. The second kappa shape index (κ2) is 7.45. The first-order chi connectivity index (χ1) is 12.4. The van der Waals surface area contributed by atoms with Crippen LogP contribution in [0.2, 0.25) is 0 Å². The van der Waals surface area contributed by atoms with Crippen LogP contribution in [0.15, 0.2) is 18.2 Å². The van der Waals surface area contributed by atoms with Gasteiger partial charge in [0, 0.05) is 31.9 Å². The van der Waals surface area contributed by atoms with Gasteiger partial charge in [0.15, 0.2) is 0 Å². The Morgan fingerprint density at radius 1 is 1.23 bits per heavy atom. The highest BCUT2D eigenvalue weighted by molar-refractivity contribution is 5.69. The lowest BCUT2D eigenvalue weighted by Crippen LogP contribution is -2.40. The summed E-state index contributed by atoms with van der Waals surface area (Å²) in [6.45, 7) is 9.21. The van der Waals surface area contributed by atoms with E-state index in [0.29, 0.717) is 12.1 Å². The number of amides is 1. The predicted octanol–water partition coefficient (Wildman–Crippen LogP) is 3.26. The average molecular weight is 356 g/mol. The summed E-state index contributed by atoms with van der Waals surface area (Å²) in [5.41, 5.74) is 2.28. The van der Waals surface area contributed by atoms with Crippen LogP contribution >= 0.6 is 0 Å². The van der Waals surface area contributed by atoms with Gasteiger partial charge in [0.1, 0.15) is 11.7 Å². The molecule has 0 radical (unpaired) electrons. The quantitative estimate of drug-likeness (QED) is 0.900. The van der Waals surface area contributed by atoms with Gasteiger partial charge < -0.3 is 19.9 Å². The van der Waals surface area contributed by atoms with Gasteiger partial charge in [-0.05, 0) is 58.2 Å². The number of nitrogens with one attached hydrogen (secondary N) is 1. The largest absolute Gasteiger partial charge is 0.444 e.